The van der Waals surface area contributed by atoms with Crippen LogP contribution in [0.3, 0.4) is 0 Å². The van der Waals surface area contributed by atoms with Gasteiger partial charge in [0.2, 0.25) is 5.91 Å². The Labute approximate surface area is 169 Å². The van der Waals surface area contributed by atoms with E-state index in [4.69, 9.17) is 0 Å². The van der Waals surface area contributed by atoms with Crippen LogP contribution in [0.2, 0.25) is 0 Å². The first kappa shape index (κ1) is 19.1. The van der Waals surface area contributed by atoms with E-state index in [0.29, 0.717) is 12.2 Å². The molecule has 2 N–H and O–H groups in total. The fourth-order valence-corrected chi connectivity index (χ4v) is 5.30. The summed E-state index contributed by atoms with van der Waals surface area (Å²) in [5.41, 5.74) is 1.54. The van der Waals surface area contributed by atoms with Crippen molar-refractivity contribution in [2.24, 2.45) is 0 Å². The van der Waals surface area contributed by atoms with Crippen LogP contribution in [0.4, 0.5) is 0 Å². The predicted octanol–water partition coefficient (Wildman–Crippen LogP) is 2.21. The van der Waals surface area contributed by atoms with Crippen LogP contribution >= 0.6 is 11.3 Å². The van der Waals surface area contributed by atoms with Gasteiger partial charge >= 0.3 is 0 Å². The van der Waals surface area contributed by atoms with Gasteiger partial charge in [-0.3, -0.25) is 9.59 Å². The zero-order chi connectivity index (χ0) is 19.6. The molecular formula is C21H26N4O2S. The molecule has 2 aliphatic rings. The molecule has 1 spiro atoms. The Kier molecular flexibility index (Phi) is 5.46. The zero-order valence-electron chi connectivity index (χ0n) is 16.1. The molecule has 148 valence electrons. The molecule has 1 aromatic heterocycles. The molecule has 0 aliphatic carbocycles. The maximum atomic E-state index is 13.4. The summed E-state index contributed by atoms with van der Waals surface area (Å²) in [5.74, 6) is -0.0486. The van der Waals surface area contributed by atoms with Crippen LogP contribution in [-0.4, -0.2) is 52.9 Å². The minimum atomic E-state index is -0.182. The summed E-state index contributed by atoms with van der Waals surface area (Å²) in [6.45, 7) is 3.89. The van der Waals surface area contributed by atoms with E-state index in [2.05, 4.69) is 27.8 Å². The molecule has 7 heteroatoms. The number of carbonyl (C=O) groups is 2. The molecule has 2 aliphatic heterocycles. The summed E-state index contributed by atoms with van der Waals surface area (Å²) in [7, 11) is 0. The van der Waals surface area contributed by atoms with Crippen molar-refractivity contribution in [3.8, 4) is 0 Å². The Morgan fingerprint density at radius 2 is 2.04 bits per heavy atom. The molecule has 1 atom stereocenters. The number of hydrogen-bond donors (Lipinski definition) is 2. The van der Waals surface area contributed by atoms with Crippen molar-refractivity contribution in [3.05, 3.63) is 52.0 Å². The lowest BCUT2D eigenvalue weighted by Gasteiger charge is -2.41. The van der Waals surface area contributed by atoms with Crippen molar-refractivity contribution in [2.45, 2.75) is 44.2 Å². The highest BCUT2D eigenvalue weighted by molar-refractivity contribution is 7.09. The van der Waals surface area contributed by atoms with E-state index in [9.17, 15) is 9.59 Å². The van der Waals surface area contributed by atoms with E-state index >= 15 is 0 Å². The third-order valence-electron chi connectivity index (χ3n) is 5.76. The van der Waals surface area contributed by atoms with E-state index in [1.54, 1.807) is 0 Å². The van der Waals surface area contributed by atoms with Crippen LogP contribution in [0.15, 0.2) is 35.7 Å². The molecule has 1 aromatic carbocycles. The molecule has 28 heavy (non-hydrogen) atoms. The van der Waals surface area contributed by atoms with E-state index in [1.807, 2.05) is 28.5 Å². The highest BCUT2D eigenvalue weighted by Crippen LogP contribution is 2.38. The van der Waals surface area contributed by atoms with Gasteiger partial charge in [-0.1, -0.05) is 30.3 Å². The molecule has 0 bridgehead atoms. The number of likely N-dealkylation sites (tertiary alicyclic amines) is 1. The highest BCUT2D eigenvalue weighted by atomic mass is 32.1. The second-order valence-electron chi connectivity index (χ2n) is 7.78. The van der Waals surface area contributed by atoms with Gasteiger partial charge in [-0.25, -0.2) is 4.98 Å². The van der Waals surface area contributed by atoms with Crippen LogP contribution in [-0.2, 0) is 11.2 Å². The van der Waals surface area contributed by atoms with Crippen LogP contribution in [0.1, 0.15) is 47.2 Å². The second kappa shape index (κ2) is 8.01. The molecule has 3 heterocycles. The molecular weight excluding hydrogens is 372 g/mol. The fraction of sp³-hybridized carbons (Fsp3) is 0.476. The van der Waals surface area contributed by atoms with Gasteiger partial charge < -0.3 is 15.5 Å². The summed E-state index contributed by atoms with van der Waals surface area (Å²) in [6, 6.07) is 10.2. The number of rotatable bonds is 4. The summed E-state index contributed by atoms with van der Waals surface area (Å²) in [6.07, 6.45) is 3.38. The highest BCUT2D eigenvalue weighted by Gasteiger charge is 2.48. The van der Waals surface area contributed by atoms with Gasteiger partial charge in [-0.05, 0) is 37.9 Å². The van der Waals surface area contributed by atoms with E-state index < -0.39 is 0 Å². The number of nitrogens with one attached hydrogen (secondary N) is 2. The monoisotopic (exact) mass is 398 g/mol. The summed E-state index contributed by atoms with van der Waals surface area (Å²) in [5, 5.41) is 9.23. The van der Waals surface area contributed by atoms with Gasteiger partial charge in [-0.15, -0.1) is 11.3 Å². The maximum Gasteiger partial charge on any atom is 0.273 e. The van der Waals surface area contributed by atoms with Crippen molar-refractivity contribution < 1.29 is 9.59 Å². The fourth-order valence-electron chi connectivity index (χ4n) is 4.50. The van der Waals surface area contributed by atoms with Gasteiger partial charge in [0.05, 0.1) is 5.01 Å². The normalized spacial score (nSPS) is 21.0. The van der Waals surface area contributed by atoms with E-state index in [0.717, 1.165) is 43.8 Å². The Balaban J connectivity index is 1.53. The van der Waals surface area contributed by atoms with Crippen LogP contribution in [0.25, 0.3) is 0 Å². The predicted molar refractivity (Wildman–Crippen MR) is 109 cm³/mol. The first-order valence-corrected chi connectivity index (χ1v) is 10.7. The minimum Gasteiger partial charge on any atom is -0.352 e. The SMILES string of the molecule is CC(=O)N[C@@H]1CN(C(=O)c2csc(Cc3ccccc3)n2)C2(CCNCC2)C1. The Morgan fingerprint density at radius 3 is 2.75 bits per heavy atom. The molecule has 2 saturated heterocycles. The molecule has 0 saturated carbocycles. The number of hydrogen-bond acceptors (Lipinski definition) is 5. The number of piperidine rings is 1. The van der Waals surface area contributed by atoms with Crippen molar-refractivity contribution in [3.63, 3.8) is 0 Å². The number of amides is 2. The number of carbonyl (C=O) groups excluding carboxylic acids is 2. The van der Waals surface area contributed by atoms with Crippen LogP contribution in [0.5, 0.6) is 0 Å². The first-order chi connectivity index (χ1) is 13.6. The topological polar surface area (TPSA) is 74.3 Å². The van der Waals surface area contributed by atoms with Gasteiger partial charge in [-0.2, -0.15) is 0 Å². The maximum absolute atomic E-state index is 13.4. The quantitative estimate of drug-likeness (QED) is 0.828. The van der Waals surface area contributed by atoms with Gasteiger partial charge in [0, 0.05) is 36.9 Å². The first-order valence-electron chi connectivity index (χ1n) is 9.84. The number of thiazole rings is 1. The number of nitrogens with zero attached hydrogens (tertiary/aromatic N) is 2. The van der Waals surface area contributed by atoms with Crippen molar-refractivity contribution in [1.82, 2.24) is 20.5 Å². The molecule has 0 radical (unpaired) electrons. The minimum absolute atomic E-state index is 0.00897. The smallest absolute Gasteiger partial charge is 0.273 e. The summed E-state index contributed by atoms with van der Waals surface area (Å²) < 4.78 is 0. The number of aromatic nitrogens is 1. The molecule has 4 rings (SSSR count). The van der Waals surface area contributed by atoms with Crippen LogP contribution < -0.4 is 10.6 Å². The van der Waals surface area contributed by atoms with Crippen molar-refractivity contribution >= 4 is 23.2 Å². The summed E-state index contributed by atoms with van der Waals surface area (Å²) >= 11 is 1.54. The zero-order valence-corrected chi connectivity index (χ0v) is 16.9. The second-order valence-corrected chi connectivity index (χ2v) is 8.72. The van der Waals surface area contributed by atoms with Crippen LogP contribution in [0, 0.1) is 0 Å². The molecule has 2 amide bonds. The lowest BCUT2D eigenvalue weighted by Crippen LogP contribution is -2.53. The lowest BCUT2D eigenvalue weighted by atomic mass is 9.84. The Morgan fingerprint density at radius 1 is 1.29 bits per heavy atom. The standard InChI is InChI=1S/C21H26N4O2S/c1-15(26)23-17-12-21(7-9-22-10-8-21)25(13-17)20(27)18-14-28-19(24-18)11-16-5-3-2-4-6-16/h2-6,14,17,22H,7-13H2,1H3,(H,23,26)/t17-/m0/s1. The molecule has 0 unspecified atom stereocenters. The van der Waals surface area contributed by atoms with E-state index in [1.165, 1.54) is 23.8 Å². The van der Waals surface area contributed by atoms with Crippen molar-refractivity contribution in [2.75, 3.05) is 19.6 Å². The number of benzene rings is 1. The molecule has 2 aromatic rings. The van der Waals surface area contributed by atoms with E-state index in [-0.39, 0.29) is 23.4 Å². The Hall–Kier alpha value is -2.25. The average molecular weight is 399 g/mol. The third-order valence-corrected chi connectivity index (χ3v) is 6.61. The van der Waals surface area contributed by atoms with Gasteiger partial charge in [0.25, 0.3) is 5.91 Å². The Bertz CT molecular complexity index is 845. The largest absolute Gasteiger partial charge is 0.352 e. The molecule has 2 fully saturated rings. The summed E-state index contributed by atoms with van der Waals surface area (Å²) in [4.78, 5) is 31.5. The molecule has 6 nitrogen and oxygen atoms in total. The van der Waals surface area contributed by atoms with Gasteiger partial charge in [0.15, 0.2) is 0 Å². The average Bonchev–Trinajstić information content (AvgIpc) is 3.27. The third kappa shape index (κ3) is 3.95. The van der Waals surface area contributed by atoms with Gasteiger partial charge in [0.1, 0.15) is 5.69 Å². The van der Waals surface area contributed by atoms with Crippen molar-refractivity contribution in [1.29, 1.82) is 0 Å². The lowest BCUT2D eigenvalue weighted by molar-refractivity contribution is -0.119.